The van der Waals surface area contributed by atoms with Crippen LogP contribution < -0.4 is 10.5 Å². The number of carbonyl (C=O) groups excluding carboxylic acids is 1. The Kier molecular flexibility index (Phi) is 3.65. The molecule has 7 heteroatoms. The Labute approximate surface area is 116 Å². The van der Waals surface area contributed by atoms with E-state index in [1.807, 2.05) is 0 Å². The average molecular weight is 294 g/mol. The summed E-state index contributed by atoms with van der Waals surface area (Å²) >= 11 is 0. The summed E-state index contributed by atoms with van der Waals surface area (Å²) < 4.78 is 28.0. The quantitative estimate of drug-likeness (QED) is 0.900. The highest BCUT2D eigenvalue weighted by molar-refractivity contribution is 7.89. The number of benzene rings is 1. The minimum absolute atomic E-state index is 0.0223. The van der Waals surface area contributed by atoms with Crippen molar-refractivity contribution < 1.29 is 17.6 Å². The second kappa shape index (κ2) is 5.10. The van der Waals surface area contributed by atoms with E-state index in [0.717, 1.165) is 0 Å². The molecule has 3 N–H and O–H groups in total. The van der Waals surface area contributed by atoms with Gasteiger partial charge in [0, 0.05) is 5.69 Å². The standard InChI is InChI=1S/C13H14N2O4S/c1-8-3-5-10(7-12(8)20(14,17)18)15-13(16)11-6-4-9(2)19-11/h3-7H,1-2H3,(H,15,16)(H2,14,17,18). The predicted octanol–water partition coefficient (Wildman–Crippen LogP) is 1.80. The van der Waals surface area contributed by atoms with Crippen molar-refractivity contribution in [3.05, 3.63) is 47.4 Å². The maximum Gasteiger partial charge on any atom is 0.291 e. The lowest BCUT2D eigenvalue weighted by molar-refractivity contribution is 0.0995. The molecule has 0 aliphatic rings. The lowest BCUT2D eigenvalue weighted by Gasteiger charge is -2.08. The molecule has 0 radical (unpaired) electrons. The van der Waals surface area contributed by atoms with Crippen molar-refractivity contribution in [2.45, 2.75) is 18.7 Å². The zero-order valence-corrected chi connectivity index (χ0v) is 11.8. The topological polar surface area (TPSA) is 102 Å². The summed E-state index contributed by atoms with van der Waals surface area (Å²) in [5.74, 6) is 0.312. The van der Waals surface area contributed by atoms with E-state index in [4.69, 9.17) is 9.56 Å². The smallest absolute Gasteiger partial charge is 0.291 e. The Morgan fingerprint density at radius 3 is 2.45 bits per heavy atom. The van der Waals surface area contributed by atoms with Crippen molar-refractivity contribution in [3.63, 3.8) is 0 Å². The number of furan rings is 1. The summed E-state index contributed by atoms with van der Waals surface area (Å²) in [7, 11) is -3.83. The van der Waals surface area contributed by atoms with Crippen molar-refractivity contribution in [2.24, 2.45) is 5.14 Å². The van der Waals surface area contributed by atoms with Crippen LogP contribution in [0.3, 0.4) is 0 Å². The van der Waals surface area contributed by atoms with Crippen LogP contribution in [0.15, 0.2) is 39.6 Å². The van der Waals surface area contributed by atoms with Gasteiger partial charge in [0.2, 0.25) is 10.0 Å². The van der Waals surface area contributed by atoms with E-state index in [-0.39, 0.29) is 10.7 Å². The highest BCUT2D eigenvalue weighted by Crippen LogP contribution is 2.19. The van der Waals surface area contributed by atoms with Crippen molar-refractivity contribution in [3.8, 4) is 0 Å². The number of aryl methyl sites for hydroxylation is 2. The number of carbonyl (C=O) groups is 1. The van der Waals surface area contributed by atoms with E-state index in [2.05, 4.69) is 5.32 Å². The fraction of sp³-hybridized carbons (Fsp3) is 0.154. The molecule has 1 amide bonds. The molecule has 1 aromatic carbocycles. The van der Waals surface area contributed by atoms with Crippen LogP contribution in [0.1, 0.15) is 21.9 Å². The monoisotopic (exact) mass is 294 g/mol. The molecule has 0 spiro atoms. The third kappa shape index (κ3) is 3.06. The molecular formula is C13H14N2O4S. The lowest BCUT2D eigenvalue weighted by atomic mass is 10.2. The summed E-state index contributed by atoms with van der Waals surface area (Å²) in [5.41, 5.74) is 0.845. The molecule has 0 bridgehead atoms. The number of anilines is 1. The summed E-state index contributed by atoms with van der Waals surface area (Å²) in [6, 6.07) is 7.69. The summed E-state index contributed by atoms with van der Waals surface area (Å²) in [5, 5.41) is 7.67. The first-order chi connectivity index (χ1) is 9.27. The molecule has 6 nitrogen and oxygen atoms in total. The Bertz CT molecular complexity index is 762. The molecule has 0 fully saturated rings. The van der Waals surface area contributed by atoms with E-state index in [9.17, 15) is 13.2 Å². The van der Waals surface area contributed by atoms with E-state index in [1.54, 1.807) is 38.1 Å². The van der Waals surface area contributed by atoms with Crippen LogP contribution in [0.4, 0.5) is 5.69 Å². The molecule has 0 unspecified atom stereocenters. The minimum Gasteiger partial charge on any atom is -0.456 e. The Balaban J connectivity index is 2.29. The van der Waals surface area contributed by atoms with Gasteiger partial charge in [0.15, 0.2) is 5.76 Å². The number of primary sulfonamides is 1. The molecule has 20 heavy (non-hydrogen) atoms. The molecule has 0 saturated heterocycles. The van der Waals surface area contributed by atoms with Gasteiger partial charge in [0.25, 0.3) is 5.91 Å². The number of nitrogens with two attached hydrogens (primary N) is 1. The second-order valence-electron chi connectivity index (χ2n) is 4.39. The van der Waals surface area contributed by atoms with Gasteiger partial charge >= 0.3 is 0 Å². The summed E-state index contributed by atoms with van der Waals surface area (Å²) in [4.78, 5) is 11.9. The number of nitrogens with one attached hydrogen (secondary N) is 1. The molecular weight excluding hydrogens is 280 g/mol. The predicted molar refractivity (Wildman–Crippen MR) is 74.0 cm³/mol. The van der Waals surface area contributed by atoms with Gasteiger partial charge in [-0.3, -0.25) is 4.79 Å². The molecule has 1 heterocycles. The number of amides is 1. The van der Waals surface area contributed by atoms with Crippen LogP contribution in [0.2, 0.25) is 0 Å². The first kappa shape index (κ1) is 14.3. The molecule has 0 aliphatic carbocycles. The molecule has 1 aromatic heterocycles. The maximum atomic E-state index is 11.9. The van der Waals surface area contributed by atoms with Crippen molar-refractivity contribution in [2.75, 3.05) is 5.32 Å². The van der Waals surface area contributed by atoms with Crippen LogP contribution in [-0.4, -0.2) is 14.3 Å². The fourth-order valence-electron chi connectivity index (χ4n) is 1.73. The molecule has 0 aliphatic heterocycles. The van der Waals surface area contributed by atoms with Gasteiger partial charge in [0.1, 0.15) is 5.76 Å². The third-order valence-electron chi connectivity index (χ3n) is 2.72. The normalized spacial score (nSPS) is 11.3. The van der Waals surface area contributed by atoms with E-state index in [1.165, 1.54) is 6.07 Å². The number of hydrogen-bond acceptors (Lipinski definition) is 4. The van der Waals surface area contributed by atoms with E-state index < -0.39 is 15.9 Å². The van der Waals surface area contributed by atoms with Gasteiger partial charge < -0.3 is 9.73 Å². The highest BCUT2D eigenvalue weighted by atomic mass is 32.2. The van der Waals surface area contributed by atoms with Gasteiger partial charge in [-0.2, -0.15) is 0 Å². The van der Waals surface area contributed by atoms with E-state index >= 15 is 0 Å². The van der Waals surface area contributed by atoms with Crippen molar-refractivity contribution in [1.82, 2.24) is 0 Å². The molecule has 106 valence electrons. The number of sulfonamides is 1. The van der Waals surface area contributed by atoms with Crippen LogP contribution in [0, 0.1) is 13.8 Å². The Morgan fingerprint density at radius 2 is 1.90 bits per heavy atom. The van der Waals surface area contributed by atoms with Gasteiger partial charge in [-0.05, 0) is 43.7 Å². The second-order valence-corrected chi connectivity index (χ2v) is 5.92. The summed E-state index contributed by atoms with van der Waals surface area (Å²) in [6.45, 7) is 3.35. The van der Waals surface area contributed by atoms with Gasteiger partial charge in [0.05, 0.1) is 4.90 Å². The zero-order valence-electron chi connectivity index (χ0n) is 11.0. The third-order valence-corrected chi connectivity index (χ3v) is 3.77. The SMILES string of the molecule is Cc1ccc(C(=O)Nc2ccc(C)c(S(N)(=O)=O)c2)o1. The molecule has 0 atom stereocenters. The van der Waals surface area contributed by atoms with Crippen LogP contribution in [0.25, 0.3) is 0 Å². The van der Waals surface area contributed by atoms with Crippen LogP contribution in [0.5, 0.6) is 0 Å². The zero-order chi connectivity index (χ0) is 14.9. The maximum absolute atomic E-state index is 11.9. The van der Waals surface area contributed by atoms with Gasteiger partial charge in [-0.1, -0.05) is 6.07 Å². The van der Waals surface area contributed by atoms with E-state index in [0.29, 0.717) is 17.0 Å². The van der Waals surface area contributed by atoms with Gasteiger partial charge in [-0.25, -0.2) is 13.6 Å². The molecule has 0 saturated carbocycles. The average Bonchev–Trinajstić information content (AvgIpc) is 2.77. The van der Waals surface area contributed by atoms with Crippen LogP contribution >= 0.6 is 0 Å². The molecule has 2 rings (SSSR count). The van der Waals surface area contributed by atoms with Gasteiger partial charge in [-0.15, -0.1) is 0 Å². The Hall–Kier alpha value is -2.12. The highest BCUT2D eigenvalue weighted by Gasteiger charge is 2.15. The number of hydrogen-bond donors (Lipinski definition) is 2. The summed E-state index contributed by atoms with van der Waals surface area (Å²) in [6.07, 6.45) is 0. The number of rotatable bonds is 3. The largest absolute Gasteiger partial charge is 0.456 e. The first-order valence-corrected chi connectivity index (χ1v) is 7.33. The molecule has 2 aromatic rings. The minimum atomic E-state index is -3.83. The van der Waals surface area contributed by atoms with Crippen LogP contribution in [-0.2, 0) is 10.0 Å². The van der Waals surface area contributed by atoms with Crippen molar-refractivity contribution in [1.29, 1.82) is 0 Å². The Morgan fingerprint density at radius 1 is 1.20 bits per heavy atom. The van der Waals surface area contributed by atoms with Crippen molar-refractivity contribution >= 4 is 21.6 Å². The lowest BCUT2D eigenvalue weighted by Crippen LogP contribution is -2.15. The first-order valence-electron chi connectivity index (χ1n) is 5.78. The fourth-order valence-corrected chi connectivity index (χ4v) is 2.54.